The van der Waals surface area contributed by atoms with Gasteiger partial charge in [0.1, 0.15) is 22.3 Å². The summed E-state index contributed by atoms with van der Waals surface area (Å²) in [5.41, 5.74) is 9.11. The summed E-state index contributed by atoms with van der Waals surface area (Å²) < 4.78 is 15.1. The van der Waals surface area contributed by atoms with Crippen molar-refractivity contribution < 1.29 is 8.83 Å². The molecule has 11 aromatic rings. The van der Waals surface area contributed by atoms with Crippen LogP contribution in [0, 0.1) is 0 Å². The van der Waals surface area contributed by atoms with E-state index in [0.29, 0.717) is 0 Å². The maximum atomic E-state index is 6.20. The first-order valence-electron chi connectivity index (χ1n) is 16.8. The molecule has 0 atom stereocenters. The second-order valence-electron chi connectivity index (χ2n) is 12.9. The number of fused-ring (bicyclic) bond motifs is 10. The van der Waals surface area contributed by atoms with Gasteiger partial charge in [0, 0.05) is 58.8 Å². The molecule has 3 nitrogen and oxygen atoms in total. The van der Waals surface area contributed by atoms with Crippen molar-refractivity contribution in [2.24, 2.45) is 0 Å². The van der Waals surface area contributed by atoms with E-state index in [1.54, 1.807) is 0 Å². The number of para-hydroxylation sites is 2. The number of thiophene rings is 1. The highest BCUT2D eigenvalue weighted by atomic mass is 32.1. The van der Waals surface area contributed by atoms with Crippen LogP contribution in [0.25, 0.3) is 85.9 Å². The molecule has 3 heterocycles. The molecule has 0 radical (unpaired) electrons. The number of hydrogen-bond acceptors (Lipinski definition) is 4. The first kappa shape index (κ1) is 27.6. The highest BCUT2D eigenvalue weighted by Gasteiger charge is 2.18. The fraction of sp³-hybridized carbons (Fsp3) is 0. The van der Waals surface area contributed by atoms with Crippen LogP contribution in [-0.2, 0) is 0 Å². The Morgan fingerprint density at radius 2 is 0.900 bits per heavy atom. The summed E-state index contributed by atoms with van der Waals surface area (Å²) in [5, 5.41) is 9.58. The summed E-state index contributed by atoms with van der Waals surface area (Å²) in [7, 11) is 0. The maximum absolute atomic E-state index is 6.20. The average Bonchev–Trinajstić information content (AvgIpc) is 3.85. The molecule has 0 unspecified atom stereocenters. The number of benzene rings is 8. The lowest BCUT2D eigenvalue weighted by Gasteiger charge is -2.26. The van der Waals surface area contributed by atoms with Gasteiger partial charge in [0.05, 0.1) is 0 Å². The van der Waals surface area contributed by atoms with Gasteiger partial charge in [0.2, 0.25) is 0 Å². The van der Waals surface area contributed by atoms with Crippen LogP contribution < -0.4 is 4.90 Å². The molecular formula is C46H27NO2S. The van der Waals surface area contributed by atoms with E-state index in [4.69, 9.17) is 8.83 Å². The summed E-state index contributed by atoms with van der Waals surface area (Å²) in [6.07, 6.45) is 0. The standard InChI is InChI=1S/C46H27NO2S/c1-4-10-41-35(7-1)38-26-33(19-21-43(38)48-41)47(34-20-22-44-39(27-34)36-8-2-5-11-42(36)49-44)32-17-15-28(16-18-32)29-13-14-30-25-46-40(24-31(30)23-29)37-9-3-6-12-45(37)50-46/h1-27H. The van der Waals surface area contributed by atoms with E-state index >= 15 is 0 Å². The second-order valence-corrected chi connectivity index (χ2v) is 14.0. The molecule has 0 amide bonds. The zero-order valence-electron chi connectivity index (χ0n) is 26.8. The molecule has 0 fully saturated rings. The number of anilines is 3. The molecule has 8 aromatic carbocycles. The van der Waals surface area contributed by atoms with Crippen molar-refractivity contribution in [3.63, 3.8) is 0 Å². The maximum Gasteiger partial charge on any atom is 0.135 e. The van der Waals surface area contributed by atoms with E-state index in [1.165, 1.54) is 42.1 Å². The molecule has 11 rings (SSSR count). The number of hydrogen-bond donors (Lipinski definition) is 0. The van der Waals surface area contributed by atoms with Crippen LogP contribution in [0.2, 0.25) is 0 Å². The van der Waals surface area contributed by atoms with Crippen molar-refractivity contribution in [1.29, 1.82) is 0 Å². The lowest BCUT2D eigenvalue weighted by Crippen LogP contribution is -2.09. The molecule has 4 heteroatoms. The van der Waals surface area contributed by atoms with Crippen molar-refractivity contribution in [1.82, 2.24) is 0 Å². The van der Waals surface area contributed by atoms with Gasteiger partial charge in [0.15, 0.2) is 0 Å². The molecule has 0 aliphatic carbocycles. The first-order valence-corrected chi connectivity index (χ1v) is 17.6. The minimum absolute atomic E-state index is 0.880. The molecular weight excluding hydrogens is 631 g/mol. The molecule has 0 N–H and O–H groups in total. The summed E-state index contributed by atoms with van der Waals surface area (Å²) in [5.74, 6) is 0. The monoisotopic (exact) mass is 657 g/mol. The Balaban J connectivity index is 1.05. The Bertz CT molecular complexity index is 2990. The molecule has 0 aliphatic heterocycles. The summed E-state index contributed by atoms with van der Waals surface area (Å²) in [4.78, 5) is 2.32. The quantitative estimate of drug-likeness (QED) is 0.189. The van der Waals surface area contributed by atoms with Crippen LogP contribution in [0.1, 0.15) is 0 Å². The zero-order chi connectivity index (χ0) is 32.8. The van der Waals surface area contributed by atoms with Crippen molar-refractivity contribution in [3.05, 3.63) is 164 Å². The minimum atomic E-state index is 0.880. The summed E-state index contributed by atoms with van der Waals surface area (Å²) in [6.45, 7) is 0. The van der Waals surface area contributed by atoms with Crippen molar-refractivity contribution in [3.8, 4) is 11.1 Å². The topological polar surface area (TPSA) is 29.5 Å². The van der Waals surface area contributed by atoms with E-state index in [2.05, 4.69) is 144 Å². The summed E-state index contributed by atoms with van der Waals surface area (Å²) in [6, 6.07) is 58.6. The van der Waals surface area contributed by atoms with Crippen LogP contribution in [0.3, 0.4) is 0 Å². The predicted octanol–water partition coefficient (Wildman–Crippen LogP) is 14.1. The van der Waals surface area contributed by atoms with Gasteiger partial charge in [-0.2, -0.15) is 0 Å². The average molecular weight is 658 g/mol. The van der Waals surface area contributed by atoms with Gasteiger partial charge in [-0.3, -0.25) is 0 Å². The van der Waals surface area contributed by atoms with Crippen molar-refractivity contribution in [2.75, 3.05) is 4.90 Å². The number of furan rings is 2. The smallest absolute Gasteiger partial charge is 0.135 e. The minimum Gasteiger partial charge on any atom is -0.456 e. The molecule has 0 saturated heterocycles. The largest absolute Gasteiger partial charge is 0.456 e. The van der Waals surface area contributed by atoms with Crippen LogP contribution in [0.5, 0.6) is 0 Å². The zero-order valence-corrected chi connectivity index (χ0v) is 27.6. The Morgan fingerprint density at radius 1 is 0.340 bits per heavy atom. The van der Waals surface area contributed by atoms with Crippen LogP contribution in [0.4, 0.5) is 17.1 Å². The third-order valence-electron chi connectivity index (χ3n) is 10.0. The predicted molar refractivity (Wildman–Crippen MR) is 212 cm³/mol. The number of nitrogens with zero attached hydrogens (tertiary/aromatic N) is 1. The third kappa shape index (κ3) is 4.22. The first-order chi connectivity index (χ1) is 24.7. The molecule has 234 valence electrons. The number of rotatable bonds is 4. The van der Waals surface area contributed by atoms with Crippen molar-refractivity contribution >= 4 is 103 Å². The lowest BCUT2D eigenvalue weighted by molar-refractivity contribution is 0.668. The van der Waals surface area contributed by atoms with Gasteiger partial charge < -0.3 is 13.7 Å². The molecule has 0 spiro atoms. The molecule has 0 saturated carbocycles. The van der Waals surface area contributed by atoms with Crippen LogP contribution in [0.15, 0.2) is 173 Å². The van der Waals surface area contributed by atoms with Crippen LogP contribution >= 0.6 is 11.3 Å². The van der Waals surface area contributed by atoms with Gasteiger partial charge in [-0.05, 0) is 107 Å². The van der Waals surface area contributed by atoms with E-state index < -0.39 is 0 Å². The van der Waals surface area contributed by atoms with Crippen molar-refractivity contribution in [2.45, 2.75) is 0 Å². The second kappa shape index (κ2) is 10.6. The Morgan fingerprint density at radius 3 is 1.58 bits per heavy atom. The van der Waals surface area contributed by atoms with Crippen LogP contribution in [-0.4, -0.2) is 0 Å². The normalized spacial score (nSPS) is 12.0. The summed E-state index contributed by atoms with van der Waals surface area (Å²) >= 11 is 1.87. The molecule has 3 aromatic heterocycles. The lowest BCUT2D eigenvalue weighted by atomic mass is 9.99. The van der Waals surface area contributed by atoms with Gasteiger partial charge in [-0.15, -0.1) is 11.3 Å². The van der Waals surface area contributed by atoms with Gasteiger partial charge >= 0.3 is 0 Å². The Kier molecular flexibility index (Phi) is 5.83. The van der Waals surface area contributed by atoms with E-state index in [1.807, 2.05) is 35.6 Å². The highest BCUT2D eigenvalue weighted by Crippen LogP contribution is 2.42. The van der Waals surface area contributed by atoms with E-state index in [9.17, 15) is 0 Å². The van der Waals surface area contributed by atoms with E-state index in [-0.39, 0.29) is 0 Å². The SMILES string of the molecule is c1ccc2c(c1)oc1ccc(N(c3ccc(-c4ccc5cc6sc7ccccc7c6cc5c4)cc3)c3ccc4oc5ccccc5c4c3)cc12. The van der Waals surface area contributed by atoms with E-state index in [0.717, 1.165) is 60.9 Å². The highest BCUT2D eigenvalue weighted by molar-refractivity contribution is 7.25. The Labute approximate surface area is 290 Å². The Hall–Kier alpha value is -6.36. The fourth-order valence-electron chi connectivity index (χ4n) is 7.60. The molecule has 50 heavy (non-hydrogen) atoms. The van der Waals surface area contributed by atoms with Gasteiger partial charge in [-0.1, -0.05) is 78.9 Å². The fourth-order valence-corrected chi connectivity index (χ4v) is 8.74. The molecule has 0 bridgehead atoms. The third-order valence-corrected chi connectivity index (χ3v) is 11.2. The van der Waals surface area contributed by atoms with Gasteiger partial charge in [0.25, 0.3) is 0 Å². The van der Waals surface area contributed by atoms with Gasteiger partial charge in [-0.25, -0.2) is 0 Å². The molecule has 0 aliphatic rings.